The van der Waals surface area contributed by atoms with E-state index in [4.69, 9.17) is 0 Å². The Kier molecular flexibility index (Phi) is 4.45. The van der Waals surface area contributed by atoms with E-state index in [9.17, 15) is 14.4 Å². The van der Waals surface area contributed by atoms with Crippen molar-refractivity contribution in [3.8, 4) is 0 Å². The number of allylic oxidation sites excluding steroid dienone is 1. The minimum atomic E-state index is -0.460. The molecule has 6 heteroatoms. The van der Waals surface area contributed by atoms with Crippen LogP contribution in [0, 0.1) is 6.92 Å². The first-order chi connectivity index (χ1) is 8.00. The molecule has 1 rings (SSSR count). The van der Waals surface area contributed by atoms with Crippen molar-refractivity contribution >= 4 is 5.97 Å². The van der Waals surface area contributed by atoms with E-state index in [1.54, 1.807) is 19.1 Å². The molecule has 0 aliphatic carbocycles. The van der Waals surface area contributed by atoms with Crippen molar-refractivity contribution in [1.29, 1.82) is 0 Å². The Morgan fingerprint density at radius 2 is 2.18 bits per heavy atom. The molecule has 0 atom stereocenters. The second kappa shape index (κ2) is 5.83. The predicted molar refractivity (Wildman–Crippen MR) is 61.8 cm³/mol. The van der Waals surface area contributed by atoms with Gasteiger partial charge >= 0.3 is 11.7 Å². The number of carbonyl (C=O) groups excluding carboxylic acids is 1. The molecule has 0 radical (unpaired) electrons. The Morgan fingerprint density at radius 3 is 2.82 bits per heavy atom. The van der Waals surface area contributed by atoms with Crippen molar-refractivity contribution in [2.45, 2.75) is 20.4 Å². The number of nitrogens with zero attached hydrogens (tertiary/aromatic N) is 1. The SMILES string of the molecule is CC(=O)OC/C=C\Cn1cc(C)c(=O)[nH]c1=O. The highest BCUT2D eigenvalue weighted by atomic mass is 16.5. The van der Waals surface area contributed by atoms with Crippen LogP contribution in [0.5, 0.6) is 0 Å². The Morgan fingerprint density at radius 1 is 1.47 bits per heavy atom. The van der Waals surface area contributed by atoms with Gasteiger partial charge in [0.25, 0.3) is 5.56 Å². The maximum Gasteiger partial charge on any atom is 0.328 e. The molecule has 1 aromatic heterocycles. The van der Waals surface area contributed by atoms with Gasteiger partial charge in [-0.3, -0.25) is 19.1 Å². The maximum atomic E-state index is 11.4. The Hall–Kier alpha value is -2.11. The summed E-state index contributed by atoms with van der Waals surface area (Å²) in [5.74, 6) is -0.355. The molecule has 92 valence electrons. The van der Waals surface area contributed by atoms with Gasteiger partial charge in [-0.1, -0.05) is 6.08 Å². The Labute approximate surface area is 97.5 Å². The van der Waals surface area contributed by atoms with Gasteiger partial charge in [0, 0.05) is 25.2 Å². The first-order valence-electron chi connectivity index (χ1n) is 5.09. The summed E-state index contributed by atoms with van der Waals surface area (Å²) in [6.45, 7) is 3.44. The van der Waals surface area contributed by atoms with Crippen LogP contribution in [0.1, 0.15) is 12.5 Å². The van der Waals surface area contributed by atoms with Gasteiger partial charge in [-0.25, -0.2) is 4.79 Å². The summed E-state index contributed by atoms with van der Waals surface area (Å²) >= 11 is 0. The minimum absolute atomic E-state index is 0.173. The zero-order valence-corrected chi connectivity index (χ0v) is 9.73. The lowest BCUT2D eigenvalue weighted by molar-refractivity contribution is -0.139. The number of nitrogens with one attached hydrogen (secondary N) is 1. The molecule has 1 N–H and O–H groups in total. The Balaban J connectivity index is 2.64. The van der Waals surface area contributed by atoms with E-state index in [2.05, 4.69) is 9.72 Å². The van der Waals surface area contributed by atoms with Crippen LogP contribution in [-0.2, 0) is 16.1 Å². The van der Waals surface area contributed by atoms with Crippen molar-refractivity contribution in [2.75, 3.05) is 6.61 Å². The molecule has 17 heavy (non-hydrogen) atoms. The average Bonchev–Trinajstić information content (AvgIpc) is 2.24. The maximum absolute atomic E-state index is 11.4. The monoisotopic (exact) mass is 238 g/mol. The number of hydrogen-bond acceptors (Lipinski definition) is 4. The van der Waals surface area contributed by atoms with E-state index in [1.807, 2.05) is 0 Å². The van der Waals surface area contributed by atoms with Crippen LogP contribution in [-0.4, -0.2) is 22.1 Å². The molecule has 0 fully saturated rings. The molecule has 0 aromatic carbocycles. The molecule has 0 amide bonds. The molecule has 0 bridgehead atoms. The number of hydrogen-bond donors (Lipinski definition) is 1. The van der Waals surface area contributed by atoms with Gasteiger partial charge in [-0.2, -0.15) is 0 Å². The van der Waals surface area contributed by atoms with E-state index in [0.29, 0.717) is 12.1 Å². The lowest BCUT2D eigenvalue weighted by atomic mass is 10.4. The smallest absolute Gasteiger partial charge is 0.328 e. The summed E-state index contributed by atoms with van der Waals surface area (Å²) < 4.78 is 6.04. The van der Waals surface area contributed by atoms with E-state index in [0.717, 1.165) is 0 Å². The van der Waals surface area contributed by atoms with Crippen molar-refractivity contribution in [3.05, 3.63) is 44.8 Å². The number of aryl methyl sites for hydroxylation is 1. The molecule has 0 aliphatic rings. The highest BCUT2D eigenvalue weighted by Gasteiger charge is 1.98. The number of rotatable bonds is 4. The van der Waals surface area contributed by atoms with Crippen LogP contribution in [0.25, 0.3) is 0 Å². The number of aromatic amines is 1. The fraction of sp³-hybridized carbons (Fsp3) is 0.364. The minimum Gasteiger partial charge on any atom is -0.462 e. The van der Waals surface area contributed by atoms with Crippen LogP contribution in [0.2, 0.25) is 0 Å². The zero-order valence-electron chi connectivity index (χ0n) is 9.73. The summed E-state index contributed by atoms with van der Waals surface area (Å²) in [5.41, 5.74) is -0.370. The molecule has 0 saturated heterocycles. The first kappa shape index (κ1) is 13.0. The topological polar surface area (TPSA) is 81.2 Å². The molecular formula is C11H14N2O4. The number of H-pyrrole nitrogens is 1. The fourth-order valence-electron chi connectivity index (χ4n) is 1.18. The second-order valence-electron chi connectivity index (χ2n) is 3.50. The van der Waals surface area contributed by atoms with Gasteiger partial charge in [0.2, 0.25) is 0 Å². The predicted octanol–water partition coefficient (Wildman–Crippen LogP) is -0.0357. The Bertz CT molecular complexity index is 539. The summed E-state index contributed by atoms with van der Waals surface area (Å²) in [5, 5.41) is 0. The molecule has 0 spiro atoms. The summed E-state index contributed by atoms with van der Waals surface area (Å²) in [6, 6.07) is 0. The molecule has 0 saturated carbocycles. The number of aromatic nitrogens is 2. The number of ether oxygens (including phenoxy) is 1. The largest absolute Gasteiger partial charge is 0.462 e. The van der Waals surface area contributed by atoms with Gasteiger partial charge in [-0.15, -0.1) is 0 Å². The molecule has 0 aliphatic heterocycles. The molecule has 1 heterocycles. The highest BCUT2D eigenvalue weighted by molar-refractivity contribution is 5.65. The van der Waals surface area contributed by atoms with E-state index < -0.39 is 5.69 Å². The van der Waals surface area contributed by atoms with Gasteiger partial charge in [-0.05, 0) is 13.0 Å². The van der Waals surface area contributed by atoms with Crippen LogP contribution in [0.4, 0.5) is 0 Å². The van der Waals surface area contributed by atoms with Crippen LogP contribution >= 0.6 is 0 Å². The van der Waals surface area contributed by atoms with E-state index >= 15 is 0 Å². The third-order valence-corrected chi connectivity index (χ3v) is 2.04. The number of esters is 1. The number of carbonyl (C=O) groups is 1. The molecule has 1 aromatic rings. The van der Waals surface area contributed by atoms with Crippen LogP contribution in [0.15, 0.2) is 27.9 Å². The van der Waals surface area contributed by atoms with Gasteiger partial charge in [0.1, 0.15) is 6.61 Å². The highest BCUT2D eigenvalue weighted by Crippen LogP contribution is 1.86. The van der Waals surface area contributed by atoms with Gasteiger partial charge in [0.15, 0.2) is 0 Å². The molecule has 6 nitrogen and oxygen atoms in total. The quantitative estimate of drug-likeness (QED) is 0.589. The summed E-state index contributed by atoms with van der Waals surface area (Å²) in [4.78, 5) is 35.1. The first-order valence-corrected chi connectivity index (χ1v) is 5.09. The van der Waals surface area contributed by atoms with Gasteiger partial charge in [0.05, 0.1) is 0 Å². The summed E-state index contributed by atoms with van der Waals surface area (Å²) in [6.07, 6.45) is 4.80. The van der Waals surface area contributed by atoms with Crippen LogP contribution < -0.4 is 11.2 Å². The normalized spacial score (nSPS) is 10.7. The standard InChI is InChI=1S/C11H14N2O4/c1-8-7-13(11(16)12-10(8)15)5-3-4-6-17-9(2)14/h3-4,7H,5-6H2,1-2H3,(H,12,15,16)/b4-3-. The second-order valence-corrected chi connectivity index (χ2v) is 3.50. The lowest BCUT2D eigenvalue weighted by Gasteiger charge is -2.01. The molecular weight excluding hydrogens is 224 g/mol. The van der Waals surface area contributed by atoms with Gasteiger partial charge < -0.3 is 4.74 Å². The van der Waals surface area contributed by atoms with Crippen molar-refractivity contribution < 1.29 is 9.53 Å². The van der Waals surface area contributed by atoms with Crippen LogP contribution in [0.3, 0.4) is 0 Å². The third-order valence-electron chi connectivity index (χ3n) is 2.04. The average molecular weight is 238 g/mol. The fourth-order valence-corrected chi connectivity index (χ4v) is 1.18. The lowest BCUT2D eigenvalue weighted by Crippen LogP contribution is -2.30. The van der Waals surface area contributed by atoms with Crippen molar-refractivity contribution in [1.82, 2.24) is 9.55 Å². The van der Waals surface area contributed by atoms with E-state index in [1.165, 1.54) is 17.7 Å². The molecule has 0 unspecified atom stereocenters. The zero-order chi connectivity index (χ0) is 12.8. The van der Waals surface area contributed by atoms with Crippen molar-refractivity contribution in [2.24, 2.45) is 0 Å². The van der Waals surface area contributed by atoms with Crippen molar-refractivity contribution in [3.63, 3.8) is 0 Å². The summed E-state index contributed by atoms with van der Waals surface area (Å²) in [7, 11) is 0. The third kappa shape index (κ3) is 4.10. The van der Waals surface area contributed by atoms with E-state index in [-0.39, 0.29) is 18.1 Å².